The van der Waals surface area contributed by atoms with E-state index in [1.807, 2.05) is 31.7 Å². The number of carbonyl (C=O) groups excluding carboxylic acids is 1. The highest BCUT2D eigenvalue weighted by Crippen LogP contribution is 2.39. The lowest BCUT2D eigenvalue weighted by Gasteiger charge is -2.34. The van der Waals surface area contributed by atoms with Gasteiger partial charge in [-0.05, 0) is 45.0 Å². The van der Waals surface area contributed by atoms with Gasteiger partial charge in [-0.3, -0.25) is 4.79 Å². The van der Waals surface area contributed by atoms with Crippen LogP contribution < -0.4 is 19.1 Å². The molecule has 7 nitrogen and oxygen atoms in total. The van der Waals surface area contributed by atoms with E-state index in [4.69, 9.17) is 14.2 Å². The third-order valence-electron chi connectivity index (χ3n) is 5.35. The van der Waals surface area contributed by atoms with E-state index in [9.17, 15) is 9.18 Å². The number of para-hydroxylation sites is 1. The minimum absolute atomic E-state index is 0.0880. The van der Waals surface area contributed by atoms with Crippen molar-refractivity contribution in [2.24, 2.45) is 0 Å². The van der Waals surface area contributed by atoms with Crippen molar-refractivity contribution in [3.63, 3.8) is 0 Å². The number of piperazine rings is 1. The molecule has 0 aliphatic carbocycles. The van der Waals surface area contributed by atoms with E-state index < -0.39 is 0 Å². The second kappa shape index (κ2) is 10.2. The number of rotatable bonds is 8. The molecule has 3 aromatic rings. The fraction of sp³-hybridized carbons (Fsp3) is 0.417. The van der Waals surface area contributed by atoms with Gasteiger partial charge >= 0.3 is 0 Å². The van der Waals surface area contributed by atoms with Gasteiger partial charge in [0.25, 0.3) is 5.91 Å². The Kier molecular flexibility index (Phi) is 7.17. The number of thiazole rings is 1. The van der Waals surface area contributed by atoms with Crippen molar-refractivity contribution in [2.45, 2.75) is 20.8 Å². The molecule has 0 spiro atoms. The number of anilines is 1. The van der Waals surface area contributed by atoms with Crippen LogP contribution in [0, 0.1) is 5.82 Å². The summed E-state index contributed by atoms with van der Waals surface area (Å²) in [5.74, 6) is 1.13. The molecular formula is C24H28FN3O4S. The van der Waals surface area contributed by atoms with Crippen LogP contribution in [-0.4, -0.2) is 61.8 Å². The molecule has 1 aliphatic heterocycles. The van der Waals surface area contributed by atoms with Crippen molar-refractivity contribution in [3.05, 3.63) is 41.7 Å². The first-order chi connectivity index (χ1) is 16.0. The van der Waals surface area contributed by atoms with Crippen LogP contribution in [0.2, 0.25) is 0 Å². The highest BCUT2D eigenvalue weighted by atomic mass is 32.1. The van der Waals surface area contributed by atoms with E-state index >= 15 is 0 Å². The van der Waals surface area contributed by atoms with E-state index in [1.165, 1.54) is 17.4 Å². The number of hydrogen-bond donors (Lipinski definition) is 0. The monoisotopic (exact) mass is 473 g/mol. The van der Waals surface area contributed by atoms with Crippen LogP contribution in [-0.2, 0) is 0 Å². The van der Waals surface area contributed by atoms with Gasteiger partial charge in [0.2, 0.25) is 5.75 Å². The molecule has 33 heavy (non-hydrogen) atoms. The highest BCUT2D eigenvalue weighted by Gasteiger charge is 2.26. The summed E-state index contributed by atoms with van der Waals surface area (Å²) in [7, 11) is 0. The lowest BCUT2D eigenvalue weighted by atomic mass is 10.1. The zero-order valence-electron chi connectivity index (χ0n) is 19.1. The number of benzene rings is 2. The van der Waals surface area contributed by atoms with Crippen LogP contribution in [0.5, 0.6) is 17.2 Å². The summed E-state index contributed by atoms with van der Waals surface area (Å²) in [5, 5.41) is 0.778. The molecule has 1 aliphatic rings. The maximum atomic E-state index is 14.0. The number of amides is 1. The predicted octanol–water partition coefficient (Wildman–Crippen LogP) is 4.59. The molecule has 9 heteroatoms. The summed E-state index contributed by atoms with van der Waals surface area (Å²) < 4.78 is 32.1. The molecule has 0 unspecified atom stereocenters. The molecular weight excluding hydrogens is 445 g/mol. The van der Waals surface area contributed by atoms with E-state index in [0.29, 0.717) is 74.3 Å². The van der Waals surface area contributed by atoms with Crippen molar-refractivity contribution >= 4 is 32.6 Å². The van der Waals surface area contributed by atoms with Crippen LogP contribution in [0.1, 0.15) is 31.1 Å². The number of halogens is 1. The number of ether oxygens (including phenoxy) is 3. The van der Waals surface area contributed by atoms with Crippen LogP contribution in [0.3, 0.4) is 0 Å². The minimum atomic E-state index is -0.311. The molecule has 176 valence electrons. The summed E-state index contributed by atoms with van der Waals surface area (Å²) in [6, 6.07) is 8.44. The Balaban J connectivity index is 1.51. The summed E-state index contributed by atoms with van der Waals surface area (Å²) in [6.45, 7) is 9.36. The van der Waals surface area contributed by atoms with E-state index in [-0.39, 0.29) is 11.7 Å². The van der Waals surface area contributed by atoms with E-state index in [2.05, 4.69) is 9.88 Å². The van der Waals surface area contributed by atoms with E-state index in [0.717, 1.165) is 9.83 Å². The average Bonchev–Trinajstić information content (AvgIpc) is 3.27. The number of nitrogens with zero attached hydrogens (tertiary/aromatic N) is 3. The maximum absolute atomic E-state index is 14.0. The van der Waals surface area contributed by atoms with Crippen molar-refractivity contribution in [3.8, 4) is 17.2 Å². The average molecular weight is 474 g/mol. The molecule has 0 saturated carbocycles. The van der Waals surface area contributed by atoms with Crippen molar-refractivity contribution < 1.29 is 23.4 Å². The van der Waals surface area contributed by atoms with Gasteiger partial charge in [0, 0.05) is 31.7 Å². The fourth-order valence-corrected chi connectivity index (χ4v) is 4.87. The Morgan fingerprint density at radius 1 is 1.00 bits per heavy atom. The fourth-order valence-electron chi connectivity index (χ4n) is 3.83. The van der Waals surface area contributed by atoms with Gasteiger partial charge in [-0.25, -0.2) is 9.37 Å². The third-order valence-corrected chi connectivity index (χ3v) is 6.43. The van der Waals surface area contributed by atoms with Crippen molar-refractivity contribution in [2.75, 3.05) is 50.9 Å². The van der Waals surface area contributed by atoms with Crippen molar-refractivity contribution in [1.82, 2.24) is 9.88 Å². The third kappa shape index (κ3) is 4.83. The predicted molar refractivity (Wildman–Crippen MR) is 128 cm³/mol. The summed E-state index contributed by atoms with van der Waals surface area (Å²) in [4.78, 5) is 21.7. The van der Waals surface area contributed by atoms with Crippen LogP contribution in [0.25, 0.3) is 10.2 Å². The number of aromatic nitrogens is 1. The maximum Gasteiger partial charge on any atom is 0.254 e. The number of hydrogen-bond acceptors (Lipinski definition) is 7. The largest absolute Gasteiger partial charge is 0.490 e. The molecule has 2 aromatic carbocycles. The van der Waals surface area contributed by atoms with Gasteiger partial charge in [0.15, 0.2) is 16.6 Å². The molecule has 0 bridgehead atoms. The number of fused-ring (bicyclic) bond motifs is 1. The standard InChI is InChI=1S/C24H28FN3O4S/c1-4-30-18-14-16(15-19(31-5-2)22(18)32-6-3)23(29)27-10-12-28(13-11-27)24-26-21-17(25)8-7-9-20(21)33-24/h7-9,14-15H,4-6,10-13H2,1-3H3. The molecule has 4 rings (SSSR count). The molecule has 0 radical (unpaired) electrons. The van der Waals surface area contributed by atoms with Gasteiger partial charge < -0.3 is 24.0 Å². The van der Waals surface area contributed by atoms with Gasteiger partial charge in [-0.1, -0.05) is 17.4 Å². The Morgan fingerprint density at radius 2 is 1.64 bits per heavy atom. The molecule has 0 atom stereocenters. The zero-order valence-corrected chi connectivity index (χ0v) is 19.9. The molecule has 1 saturated heterocycles. The Morgan fingerprint density at radius 3 is 2.21 bits per heavy atom. The van der Waals surface area contributed by atoms with Crippen LogP contribution in [0.15, 0.2) is 30.3 Å². The SMILES string of the molecule is CCOc1cc(C(=O)N2CCN(c3nc4c(F)cccc4s3)CC2)cc(OCC)c1OCC. The molecule has 1 aromatic heterocycles. The van der Waals surface area contributed by atoms with Crippen molar-refractivity contribution in [1.29, 1.82) is 0 Å². The zero-order chi connectivity index (χ0) is 23.4. The first-order valence-electron chi connectivity index (χ1n) is 11.2. The minimum Gasteiger partial charge on any atom is -0.490 e. The Labute approximate surface area is 196 Å². The number of carbonyl (C=O) groups is 1. The second-order valence-electron chi connectivity index (χ2n) is 7.46. The van der Waals surface area contributed by atoms with Gasteiger partial charge in [0.05, 0.1) is 24.5 Å². The molecule has 2 heterocycles. The second-order valence-corrected chi connectivity index (χ2v) is 8.47. The van der Waals surface area contributed by atoms with Crippen LogP contribution in [0.4, 0.5) is 9.52 Å². The first kappa shape index (κ1) is 23.1. The lowest BCUT2D eigenvalue weighted by molar-refractivity contribution is 0.0745. The molecule has 0 N–H and O–H groups in total. The normalized spacial score (nSPS) is 13.9. The smallest absolute Gasteiger partial charge is 0.254 e. The quantitative estimate of drug-likeness (QED) is 0.477. The lowest BCUT2D eigenvalue weighted by Crippen LogP contribution is -2.48. The first-order valence-corrected chi connectivity index (χ1v) is 12.0. The van der Waals surface area contributed by atoms with Crippen LogP contribution >= 0.6 is 11.3 Å². The topological polar surface area (TPSA) is 64.1 Å². The van der Waals surface area contributed by atoms with Gasteiger partial charge in [-0.2, -0.15) is 0 Å². The van der Waals surface area contributed by atoms with E-state index in [1.54, 1.807) is 18.2 Å². The molecule has 1 fully saturated rings. The summed E-state index contributed by atoms with van der Waals surface area (Å²) >= 11 is 1.47. The Hall–Kier alpha value is -3.07. The Bertz CT molecular complexity index is 1100. The summed E-state index contributed by atoms with van der Waals surface area (Å²) in [6.07, 6.45) is 0. The summed E-state index contributed by atoms with van der Waals surface area (Å²) in [5.41, 5.74) is 0.901. The van der Waals surface area contributed by atoms with Gasteiger partial charge in [-0.15, -0.1) is 0 Å². The highest BCUT2D eigenvalue weighted by molar-refractivity contribution is 7.22. The van der Waals surface area contributed by atoms with Gasteiger partial charge in [0.1, 0.15) is 11.3 Å². The molecule has 1 amide bonds.